The van der Waals surface area contributed by atoms with Crippen LogP contribution >= 0.6 is 39.0 Å². The van der Waals surface area contributed by atoms with E-state index in [9.17, 15) is 0 Å². The van der Waals surface area contributed by atoms with E-state index in [0.29, 0.717) is 11.3 Å². The minimum Gasteiger partial charge on any atom is -0.309 e. The third kappa shape index (κ3) is 2.77. The summed E-state index contributed by atoms with van der Waals surface area (Å²) in [4.78, 5) is 1.45. The average molecular weight is 354 g/mol. The van der Waals surface area contributed by atoms with E-state index in [1.54, 1.807) is 11.3 Å². The molecular weight excluding hydrogens is 338 g/mol. The lowest BCUT2D eigenvalue weighted by atomic mass is 10.0. The molecule has 100 valence electrons. The van der Waals surface area contributed by atoms with Crippen molar-refractivity contribution >= 4 is 39.0 Å². The van der Waals surface area contributed by atoms with Crippen molar-refractivity contribution in [3.8, 4) is 0 Å². The Labute approximate surface area is 130 Å². The number of thioether (sulfide) groups is 1. The standard InChI is InChI=1S/C15H16BrNS2/c1-2-17-15(11-8-18-9-12(11)16)14-7-10-5-3-4-6-13(10)19-14/h3-6,8-9,14-15,17H,2,7H2,1H3. The number of nitrogens with one attached hydrogen (secondary N) is 1. The van der Waals surface area contributed by atoms with E-state index in [0.717, 1.165) is 13.0 Å². The Kier molecular flexibility index (Phi) is 4.32. The zero-order valence-corrected chi connectivity index (χ0v) is 13.9. The molecular formula is C15H16BrNS2. The molecule has 0 fully saturated rings. The highest BCUT2D eigenvalue weighted by Gasteiger charge is 2.31. The smallest absolute Gasteiger partial charge is 0.0466 e. The Morgan fingerprint density at radius 3 is 2.89 bits per heavy atom. The van der Waals surface area contributed by atoms with Gasteiger partial charge in [0.25, 0.3) is 0 Å². The zero-order chi connectivity index (χ0) is 13.2. The molecule has 1 aromatic carbocycles. The van der Waals surface area contributed by atoms with Crippen LogP contribution in [0.5, 0.6) is 0 Å². The van der Waals surface area contributed by atoms with Crippen LogP contribution in [0.15, 0.2) is 44.4 Å². The largest absolute Gasteiger partial charge is 0.309 e. The van der Waals surface area contributed by atoms with E-state index in [2.05, 4.69) is 63.2 Å². The van der Waals surface area contributed by atoms with E-state index in [4.69, 9.17) is 0 Å². The first-order valence-electron chi connectivity index (χ1n) is 6.49. The van der Waals surface area contributed by atoms with E-state index >= 15 is 0 Å². The van der Waals surface area contributed by atoms with Crippen LogP contribution in [0, 0.1) is 0 Å². The van der Waals surface area contributed by atoms with E-state index in [1.165, 1.54) is 20.5 Å². The Morgan fingerprint density at radius 2 is 2.21 bits per heavy atom. The van der Waals surface area contributed by atoms with Gasteiger partial charge in [-0.2, -0.15) is 11.3 Å². The number of rotatable bonds is 4. The molecule has 2 atom stereocenters. The van der Waals surface area contributed by atoms with Crippen molar-refractivity contribution in [1.29, 1.82) is 0 Å². The van der Waals surface area contributed by atoms with E-state index in [-0.39, 0.29) is 0 Å². The van der Waals surface area contributed by atoms with E-state index in [1.807, 2.05) is 11.8 Å². The highest BCUT2D eigenvalue weighted by atomic mass is 79.9. The average Bonchev–Trinajstić information content (AvgIpc) is 3.02. The quantitative estimate of drug-likeness (QED) is 0.840. The predicted molar refractivity (Wildman–Crippen MR) is 88.2 cm³/mol. The second kappa shape index (κ2) is 6.00. The van der Waals surface area contributed by atoms with Crippen molar-refractivity contribution in [2.75, 3.05) is 6.54 Å². The molecule has 1 aromatic heterocycles. The lowest BCUT2D eigenvalue weighted by molar-refractivity contribution is 0.531. The van der Waals surface area contributed by atoms with Gasteiger partial charge in [-0.05, 0) is 51.5 Å². The lowest BCUT2D eigenvalue weighted by Crippen LogP contribution is -2.29. The van der Waals surface area contributed by atoms with Crippen LogP contribution in [-0.2, 0) is 6.42 Å². The number of fused-ring (bicyclic) bond motifs is 1. The lowest BCUT2D eigenvalue weighted by Gasteiger charge is -2.23. The molecule has 4 heteroatoms. The minimum absolute atomic E-state index is 0.419. The molecule has 2 heterocycles. The second-order valence-corrected chi connectivity index (χ2v) is 7.56. The summed E-state index contributed by atoms with van der Waals surface area (Å²) in [5.74, 6) is 0. The first-order chi connectivity index (χ1) is 9.29. The summed E-state index contributed by atoms with van der Waals surface area (Å²) in [5.41, 5.74) is 2.89. The van der Waals surface area contributed by atoms with Gasteiger partial charge in [0.2, 0.25) is 0 Å². The number of hydrogen-bond acceptors (Lipinski definition) is 3. The van der Waals surface area contributed by atoms with Gasteiger partial charge in [-0.15, -0.1) is 11.8 Å². The molecule has 1 nitrogen and oxygen atoms in total. The Hall–Kier alpha value is -0.290. The molecule has 19 heavy (non-hydrogen) atoms. The molecule has 0 spiro atoms. The van der Waals surface area contributed by atoms with Crippen molar-refractivity contribution < 1.29 is 0 Å². The Morgan fingerprint density at radius 1 is 1.37 bits per heavy atom. The van der Waals surface area contributed by atoms with Gasteiger partial charge in [-0.3, -0.25) is 0 Å². The van der Waals surface area contributed by atoms with Gasteiger partial charge >= 0.3 is 0 Å². The van der Waals surface area contributed by atoms with Crippen LogP contribution in [0.1, 0.15) is 24.1 Å². The fraction of sp³-hybridized carbons (Fsp3) is 0.333. The fourth-order valence-electron chi connectivity index (χ4n) is 2.57. The SMILES string of the molecule is CCNC(c1cscc1Br)C1Cc2ccccc2S1. The molecule has 1 N–H and O–H groups in total. The van der Waals surface area contributed by atoms with Crippen LogP contribution in [0.3, 0.4) is 0 Å². The maximum atomic E-state index is 3.68. The molecule has 3 rings (SSSR count). The zero-order valence-electron chi connectivity index (χ0n) is 10.7. The first kappa shape index (κ1) is 13.7. The Balaban J connectivity index is 1.86. The van der Waals surface area contributed by atoms with Gasteiger partial charge in [-0.1, -0.05) is 25.1 Å². The molecule has 1 aliphatic rings. The Bertz CT molecular complexity index is 542. The molecule has 0 saturated carbocycles. The van der Waals surface area contributed by atoms with Crippen molar-refractivity contribution in [3.63, 3.8) is 0 Å². The van der Waals surface area contributed by atoms with Crippen LogP contribution in [0.25, 0.3) is 0 Å². The van der Waals surface area contributed by atoms with Gasteiger partial charge in [0.15, 0.2) is 0 Å². The molecule has 0 amide bonds. The first-order valence-corrected chi connectivity index (χ1v) is 9.10. The molecule has 0 bridgehead atoms. The van der Waals surface area contributed by atoms with Crippen LogP contribution < -0.4 is 5.32 Å². The van der Waals surface area contributed by atoms with Crippen LogP contribution in [0.4, 0.5) is 0 Å². The topological polar surface area (TPSA) is 12.0 Å². The number of benzene rings is 1. The summed E-state index contributed by atoms with van der Waals surface area (Å²) in [6.07, 6.45) is 1.15. The fourth-order valence-corrected chi connectivity index (χ4v) is 5.58. The molecule has 0 aliphatic carbocycles. The summed E-state index contributed by atoms with van der Waals surface area (Å²) >= 11 is 7.46. The van der Waals surface area contributed by atoms with Gasteiger partial charge in [0, 0.05) is 26.0 Å². The van der Waals surface area contributed by atoms with E-state index < -0.39 is 0 Å². The summed E-state index contributed by atoms with van der Waals surface area (Å²) in [6, 6.07) is 9.20. The summed E-state index contributed by atoms with van der Waals surface area (Å²) in [6.45, 7) is 3.18. The highest BCUT2D eigenvalue weighted by Crippen LogP contribution is 2.44. The van der Waals surface area contributed by atoms with Crippen molar-refractivity contribution in [2.45, 2.75) is 29.5 Å². The number of hydrogen-bond donors (Lipinski definition) is 1. The summed E-state index contributed by atoms with van der Waals surface area (Å²) < 4.78 is 1.24. The van der Waals surface area contributed by atoms with Crippen molar-refractivity contribution in [1.82, 2.24) is 5.32 Å². The molecule has 2 aromatic rings. The minimum atomic E-state index is 0.419. The molecule has 2 unspecified atom stereocenters. The molecule has 0 radical (unpaired) electrons. The molecule has 1 aliphatic heterocycles. The normalized spacial score (nSPS) is 19.4. The van der Waals surface area contributed by atoms with Crippen molar-refractivity contribution in [2.24, 2.45) is 0 Å². The highest BCUT2D eigenvalue weighted by molar-refractivity contribution is 9.10. The third-order valence-electron chi connectivity index (χ3n) is 3.45. The van der Waals surface area contributed by atoms with Crippen LogP contribution in [0.2, 0.25) is 0 Å². The van der Waals surface area contributed by atoms with Gasteiger partial charge in [0.05, 0.1) is 0 Å². The maximum absolute atomic E-state index is 3.68. The number of thiophene rings is 1. The summed E-state index contributed by atoms with van der Waals surface area (Å²) in [7, 11) is 0. The maximum Gasteiger partial charge on any atom is 0.0466 e. The summed E-state index contributed by atoms with van der Waals surface area (Å²) in [5, 5.41) is 8.68. The second-order valence-electron chi connectivity index (χ2n) is 4.68. The monoisotopic (exact) mass is 353 g/mol. The predicted octanol–water partition coefficient (Wildman–Crippen LogP) is 4.88. The third-order valence-corrected chi connectivity index (χ3v) is 6.59. The number of halogens is 1. The van der Waals surface area contributed by atoms with Gasteiger partial charge in [0.1, 0.15) is 0 Å². The van der Waals surface area contributed by atoms with Crippen molar-refractivity contribution in [3.05, 3.63) is 50.6 Å². The van der Waals surface area contributed by atoms with Gasteiger partial charge in [-0.25, -0.2) is 0 Å². The van der Waals surface area contributed by atoms with Gasteiger partial charge < -0.3 is 5.32 Å². The van der Waals surface area contributed by atoms with Crippen LogP contribution in [-0.4, -0.2) is 11.8 Å². The molecule has 0 saturated heterocycles.